The minimum absolute atomic E-state index is 0.124. The molecule has 0 unspecified atom stereocenters. The van der Waals surface area contributed by atoms with Gasteiger partial charge in [-0.05, 0) is 73.8 Å². The molecule has 2 aliphatic carbocycles. The van der Waals surface area contributed by atoms with Crippen molar-refractivity contribution in [3.05, 3.63) is 56.3 Å². The Kier molecular flexibility index (Phi) is 4.23. The number of carbonyl (C=O) groups excluding carboxylic acids is 2. The fourth-order valence-electron chi connectivity index (χ4n) is 3.62. The van der Waals surface area contributed by atoms with Crippen molar-refractivity contribution >= 4 is 23.1 Å². The van der Waals surface area contributed by atoms with E-state index >= 15 is 0 Å². The molecular weight excluding hydrogens is 320 g/mol. The minimum Gasteiger partial charge on any atom is -0.453 e. The SMILES string of the molecule is O=C(COC(=O)c1cc2c(s1)CCC2)c1ccc2c(c1)CCCC2. The number of ether oxygens (including phenoxy) is 1. The van der Waals surface area contributed by atoms with Gasteiger partial charge < -0.3 is 4.74 Å². The van der Waals surface area contributed by atoms with Crippen molar-refractivity contribution in [2.75, 3.05) is 6.61 Å². The molecule has 24 heavy (non-hydrogen) atoms. The van der Waals surface area contributed by atoms with E-state index in [0.29, 0.717) is 10.4 Å². The summed E-state index contributed by atoms with van der Waals surface area (Å²) < 4.78 is 5.25. The summed E-state index contributed by atoms with van der Waals surface area (Å²) >= 11 is 1.51. The number of carbonyl (C=O) groups is 2. The van der Waals surface area contributed by atoms with Gasteiger partial charge in [-0.2, -0.15) is 0 Å². The Balaban J connectivity index is 1.40. The second-order valence-electron chi connectivity index (χ2n) is 6.60. The van der Waals surface area contributed by atoms with E-state index < -0.39 is 0 Å². The predicted molar refractivity (Wildman–Crippen MR) is 94.0 cm³/mol. The molecule has 3 nitrogen and oxygen atoms in total. The van der Waals surface area contributed by atoms with Gasteiger partial charge in [-0.1, -0.05) is 12.1 Å². The monoisotopic (exact) mass is 340 g/mol. The van der Waals surface area contributed by atoms with Gasteiger partial charge in [-0.3, -0.25) is 4.79 Å². The first-order valence-electron chi connectivity index (χ1n) is 8.64. The van der Waals surface area contributed by atoms with Crippen LogP contribution >= 0.6 is 11.3 Å². The number of ketones is 1. The molecule has 4 rings (SSSR count). The van der Waals surface area contributed by atoms with Crippen molar-refractivity contribution in [2.45, 2.75) is 44.9 Å². The number of hydrogen-bond donors (Lipinski definition) is 0. The molecular formula is C20H20O3S. The van der Waals surface area contributed by atoms with E-state index in [4.69, 9.17) is 4.74 Å². The van der Waals surface area contributed by atoms with E-state index in [0.717, 1.165) is 25.7 Å². The van der Waals surface area contributed by atoms with Crippen LogP contribution in [0.4, 0.5) is 0 Å². The summed E-state index contributed by atoms with van der Waals surface area (Å²) in [6, 6.07) is 7.82. The number of thiophene rings is 1. The molecule has 1 aromatic heterocycles. The zero-order valence-corrected chi connectivity index (χ0v) is 14.4. The first-order chi connectivity index (χ1) is 11.7. The van der Waals surface area contributed by atoms with Crippen LogP contribution in [-0.4, -0.2) is 18.4 Å². The summed E-state index contributed by atoms with van der Waals surface area (Å²) in [5.41, 5.74) is 4.54. The van der Waals surface area contributed by atoms with E-state index in [2.05, 4.69) is 0 Å². The minimum atomic E-state index is -0.374. The summed E-state index contributed by atoms with van der Waals surface area (Å²) in [4.78, 5) is 26.4. The zero-order valence-electron chi connectivity index (χ0n) is 13.6. The molecule has 0 saturated carbocycles. The highest BCUT2D eigenvalue weighted by Gasteiger charge is 2.20. The van der Waals surface area contributed by atoms with E-state index in [1.54, 1.807) is 0 Å². The molecule has 124 valence electrons. The highest BCUT2D eigenvalue weighted by Crippen LogP contribution is 2.31. The van der Waals surface area contributed by atoms with Crippen LogP contribution in [-0.2, 0) is 30.4 Å². The fraction of sp³-hybridized carbons (Fsp3) is 0.400. The lowest BCUT2D eigenvalue weighted by atomic mass is 9.90. The molecule has 4 heteroatoms. The first kappa shape index (κ1) is 15.6. The summed E-state index contributed by atoms with van der Waals surface area (Å²) in [7, 11) is 0. The Morgan fingerprint density at radius 3 is 2.54 bits per heavy atom. The van der Waals surface area contributed by atoms with Crippen LogP contribution in [0.1, 0.15) is 60.9 Å². The van der Waals surface area contributed by atoms with Crippen molar-refractivity contribution in [2.24, 2.45) is 0 Å². The number of rotatable bonds is 4. The van der Waals surface area contributed by atoms with Crippen LogP contribution in [0.3, 0.4) is 0 Å². The van der Waals surface area contributed by atoms with Gasteiger partial charge in [-0.15, -0.1) is 11.3 Å². The van der Waals surface area contributed by atoms with Gasteiger partial charge in [0.25, 0.3) is 0 Å². The Morgan fingerprint density at radius 1 is 0.917 bits per heavy atom. The predicted octanol–water partition coefficient (Wildman–Crippen LogP) is 4.16. The second kappa shape index (κ2) is 6.52. The number of fused-ring (bicyclic) bond motifs is 2. The Labute approximate surface area is 145 Å². The van der Waals surface area contributed by atoms with Gasteiger partial charge in [0, 0.05) is 10.4 Å². The fourth-order valence-corrected chi connectivity index (χ4v) is 4.77. The molecule has 0 bridgehead atoms. The Hall–Kier alpha value is -1.94. The lowest BCUT2D eigenvalue weighted by Crippen LogP contribution is -2.14. The van der Waals surface area contributed by atoms with Gasteiger partial charge >= 0.3 is 5.97 Å². The summed E-state index contributed by atoms with van der Waals surface area (Å²) in [6.45, 7) is -0.180. The van der Waals surface area contributed by atoms with Crippen LogP contribution in [0.25, 0.3) is 0 Å². The third-order valence-corrected chi connectivity index (χ3v) is 6.17. The summed E-state index contributed by atoms with van der Waals surface area (Å²) in [6.07, 6.45) is 7.83. The van der Waals surface area contributed by atoms with Gasteiger partial charge in [-0.25, -0.2) is 4.79 Å². The number of esters is 1. The third kappa shape index (κ3) is 3.03. The normalized spacial score (nSPS) is 15.7. The molecule has 0 fully saturated rings. The van der Waals surface area contributed by atoms with Crippen molar-refractivity contribution in [1.29, 1.82) is 0 Å². The molecule has 0 aliphatic heterocycles. The van der Waals surface area contributed by atoms with E-state index in [9.17, 15) is 9.59 Å². The highest BCUT2D eigenvalue weighted by molar-refractivity contribution is 7.14. The van der Waals surface area contributed by atoms with E-state index in [1.165, 1.54) is 52.2 Å². The largest absolute Gasteiger partial charge is 0.453 e. The Bertz CT molecular complexity index is 782. The molecule has 0 saturated heterocycles. The van der Waals surface area contributed by atoms with Crippen molar-refractivity contribution in [3.63, 3.8) is 0 Å². The molecule has 2 aromatic rings. The van der Waals surface area contributed by atoms with E-state index in [-0.39, 0.29) is 18.4 Å². The zero-order chi connectivity index (χ0) is 16.5. The van der Waals surface area contributed by atoms with E-state index in [1.807, 2.05) is 24.3 Å². The van der Waals surface area contributed by atoms with Gasteiger partial charge in [0.1, 0.15) is 4.88 Å². The lowest BCUT2D eigenvalue weighted by Gasteiger charge is -2.16. The molecule has 0 amide bonds. The number of aryl methyl sites for hydroxylation is 4. The quantitative estimate of drug-likeness (QED) is 0.620. The standard InChI is InChI=1S/C20H20O3S/c21-17(15-9-8-13-4-1-2-5-14(13)10-15)12-23-20(22)19-11-16-6-3-7-18(16)24-19/h8-11H,1-7,12H2. The van der Waals surface area contributed by atoms with Gasteiger partial charge in [0.15, 0.2) is 12.4 Å². The van der Waals surface area contributed by atoms with Crippen LogP contribution in [0.15, 0.2) is 24.3 Å². The average molecular weight is 340 g/mol. The third-order valence-electron chi connectivity index (χ3n) is 4.95. The number of Topliss-reactive ketones (excluding diaryl/α,β-unsaturated/α-hetero) is 1. The molecule has 1 aromatic carbocycles. The lowest BCUT2D eigenvalue weighted by molar-refractivity contribution is 0.0479. The van der Waals surface area contributed by atoms with Crippen molar-refractivity contribution in [1.82, 2.24) is 0 Å². The van der Waals surface area contributed by atoms with Crippen molar-refractivity contribution in [3.8, 4) is 0 Å². The maximum absolute atomic E-state index is 12.3. The van der Waals surface area contributed by atoms with Crippen LogP contribution in [0.5, 0.6) is 0 Å². The van der Waals surface area contributed by atoms with Gasteiger partial charge in [0.05, 0.1) is 0 Å². The summed E-state index contributed by atoms with van der Waals surface area (Å²) in [5, 5.41) is 0. The average Bonchev–Trinajstić information content (AvgIpc) is 3.21. The molecule has 0 radical (unpaired) electrons. The summed E-state index contributed by atoms with van der Waals surface area (Å²) in [5.74, 6) is -0.499. The van der Waals surface area contributed by atoms with Crippen LogP contribution in [0.2, 0.25) is 0 Å². The molecule has 0 N–H and O–H groups in total. The van der Waals surface area contributed by atoms with Crippen LogP contribution < -0.4 is 0 Å². The molecule has 0 spiro atoms. The highest BCUT2D eigenvalue weighted by atomic mass is 32.1. The van der Waals surface area contributed by atoms with Crippen LogP contribution in [0, 0.1) is 0 Å². The number of benzene rings is 1. The molecule has 1 heterocycles. The second-order valence-corrected chi connectivity index (χ2v) is 7.74. The van der Waals surface area contributed by atoms with Crippen molar-refractivity contribution < 1.29 is 14.3 Å². The Morgan fingerprint density at radius 2 is 1.71 bits per heavy atom. The first-order valence-corrected chi connectivity index (χ1v) is 9.46. The molecule has 2 aliphatic rings. The maximum atomic E-state index is 12.3. The number of hydrogen-bond acceptors (Lipinski definition) is 4. The topological polar surface area (TPSA) is 43.4 Å². The molecule has 0 atom stereocenters. The van der Waals surface area contributed by atoms with Gasteiger partial charge in [0.2, 0.25) is 0 Å². The smallest absolute Gasteiger partial charge is 0.348 e. The maximum Gasteiger partial charge on any atom is 0.348 e.